The predicted molar refractivity (Wildman–Crippen MR) is 153 cm³/mol. The van der Waals surface area contributed by atoms with Crippen LogP contribution in [0.3, 0.4) is 0 Å². The van der Waals surface area contributed by atoms with Crippen molar-refractivity contribution in [1.82, 2.24) is 0 Å². The van der Waals surface area contributed by atoms with Crippen molar-refractivity contribution in [3.63, 3.8) is 0 Å². The smallest absolute Gasteiger partial charge is 0.357 e. The zero-order valence-electron chi connectivity index (χ0n) is 21.2. The third kappa shape index (κ3) is 3.92. The van der Waals surface area contributed by atoms with Crippen LogP contribution in [0.15, 0.2) is 102 Å². The number of hydrogen-bond acceptors (Lipinski definition) is 4. The number of hydrazone groups is 1. The first kappa shape index (κ1) is 23.2. The monoisotopic (exact) mass is 511 g/mol. The Morgan fingerprint density at radius 3 is 2.46 bits per heavy atom. The van der Waals surface area contributed by atoms with E-state index in [2.05, 4.69) is 64.6 Å². The predicted octanol–water partition coefficient (Wildman–Crippen LogP) is 6.21. The molecule has 7 rings (SSSR count). The molecule has 0 saturated heterocycles. The van der Waals surface area contributed by atoms with Crippen molar-refractivity contribution in [1.29, 1.82) is 0 Å². The number of carboxylic acid groups (broad SMARTS) is 1. The molecule has 0 fully saturated rings. The van der Waals surface area contributed by atoms with Crippen LogP contribution >= 0.6 is 0 Å². The zero-order chi connectivity index (χ0) is 26.5. The van der Waals surface area contributed by atoms with Crippen LogP contribution in [0.2, 0.25) is 0 Å². The first-order chi connectivity index (χ1) is 19.1. The van der Waals surface area contributed by atoms with E-state index in [-0.39, 0.29) is 11.3 Å². The molecule has 1 amide bonds. The molecule has 6 nitrogen and oxygen atoms in total. The van der Waals surface area contributed by atoms with Crippen LogP contribution in [0.5, 0.6) is 0 Å². The molecule has 4 aromatic carbocycles. The van der Waals surface area contributed by atoms with Gasteiger partial charge >= 0.3 is 5.97 Å². The zero-order valence-corrected chi connectivity index (χ0v) is 21.2. The maximum Gasteiger partial charge on any atom is 0.357 e. The van der Waals surface area contributed by atoms with Gasteiger partial charge in [-0.1, -0.05) is 54.6 Å². The van der Waals surface area contributed by atoms with Gasteiger partial charge in [-0.15, -0.1) is 0 Å². The molecule has 0 bridgehead atoms. The fourth-order valence-electron chi connectivity index (χ4n) is 5.87. The van der Waals surface area contributed by atoms with E-state index in [1.807, 2.05) is 12.1 Å². The van der Waals surface area contributed by atoms with Crippen molar-refractivity contribution in [2.24, 2.45) is 5.10 Å². The quantitative estimate of drug-likeness (QED) is 0.291. The summed E-state index contributed by atoms with van der Waals surface area (Å²) in [6.07, 6.45) is 4.54. The van der Waals surface area contributed by atoms with E-state index in [1.54, 1.807) is 30.3 Å². The minimum absolute atomic E-state index is 0.0799. The first-order valence-electron chi connectivity index (χ1n) is 13.1. The van der Waals surface area contributed by atoms with Crippen LogP contribution in [0, 0.1) is 0 Å². The highest BCUT2D eigenvalue weighted by molar-refractivity contribution is 6.53. The second-order valence-corrected chi connectivity index (χ2v) is 10.1. The summed E-state index contributed by atoms with van der Waals surface area (Å²) in [5.74, 6) is -1.67. The van der Waals surface area contributed by atoms with Crippen LogP contribution in [0.4, 0.5) is 17.1 Å². The summed E-state index contributed by atoms with van der Waals surface area (Å²) in [5, 5.41) is 15.0. The van der Waals surface area contributed by atoms with Crippen molar-refractivity contribution < 1.29 is 14.7 Å². The first-order valence-corrected chi connectivity index (χ1v) is 13.1. The molecule has 39 heavy (non-hydrogen) atoms. The topological polar surface area (TPSA) is 73.2 Å². The normalized spacial score (nSPS) is 16.7. The van der Waals surface area contributed by atoms with Crippen LogP contribution in [0.25, 0.3) is 17.2 Å². The van der Waals surface area contributed by atoms with Gasteiger partial charge in [-0.2, -0.15) is 10.1 Å². The number of benzene rings is 4. The van der Waals surface area contributed by atoms with Crippen LogP contribution < -0.4 is 9.91 Å². The lowest BCUT2D eigenvalue weighted by molar-refractivity contribution is -0.129. The van der Waals surface area contributed by atoms with E-state index in [0.717, 1.165) is 42.1 Å². The van der Waals surface area contributed by atoms with Gasteiger partial charge < -0.3 is 10.0 Å². The van der Waals surface area contributed by atoms with Crippen molar-refractivity contribution >= 4 is 40.7 Å². The summed E-state index contributed by atoms with van der Waals surface area (Å²) in [4.78, 5) is 27.5. The standard InChI is InChI=1S/C33H25N3O3/c37-32-29(31(33(38)39)34-36(32)25-9-2-1-3-10-25)18-21-12-15-30-24(17-21)8-6-16-35(30)26-14-13-23-19-22-7-4-5-11-27(22)28(23)20-26/h1-5,7,9-15,17-18,20H,6,8,16,19H2,(H,38,39). The van der Waals surface area contributed by atoms with E-state index in [9.17, 15) is 14.7 Å². The number of rotatable bonds is 4. The molecule has 0 unspecified atom stereocenters. The minimum atomic E-state index is -1.23. The Morgan fingerprint density at radius 1 is 0.821 bits per heavy atom. The summed E-state index contributed by atoms with van der Waals surface area (Å²) >= 11 is 0. The van der Waals surface area contributed by atoms with Crippen molar-refractivity contribution in [3.8, 4) is 11.1 Å². The average Bonchev–Trinajstić information content (AvgIpc) is 3.50. The number of amides is 1. The highest BCUT2D eigenvalue weighted by Gasteiger charge is 2.35. The Hall–Kier alpha value is -4.97. The van der Waals surface area contributed by atoms with Gasteiger partial charge in [0, 0.05) is 17.9 Å². The highest BCUT2D eigenvalue weighted by Crippen LogP contribution is 2.41. The van der Waals surface area contributed by atoms with Crippen molar-refractivity contribution in [2.45, 2.75) is 19.3 Å². The lowest BCUT2D eigenvalue weighted by Crippen LogP contribution is -2.24. The maximum absolute atomic E-state index is 13.2. The van der Waals surface area contributed by atoms with Gasteiger partial charge in [-0.25, -0.2) is 4.79 Å². The highest BCUT2D eigenvalue weighted by atomic mass is 16.4. The molecule has 0 radical (unpaired) electrons. The molecule has 4 aromatic rings. The summed E-state index contributed by atoms with van der Waals surface area (Å²) in [6, 6.07) is 30.3. The lowest BCUT2D eigenvalue weighted by Gasteiger charge is -2.32. The number of hydrogen-bond donors (Lipinski definition) is 1. The van der Waals surface area contributed by atoms with E-state index in [1.165, 1.54) is 33.5 Å². The molecular weight excluding hydrogens is 486 g/mol. The van der Waals surface area contributed by atoms with Gasteiger partial charge in [0.05, 0.1) is 11.3 Å². The van der Waals surface area contributed by atoms with Gasteiger partial charge in [0.1, 0.15) is 0 Å². The third-order valence-electron chi connectivity index (χ3n) is 7.71. The van der Waals surface area contributed by atoms with Gasteiger partial charge in [-0.05, 0) is 95.1 Å². The fraction of sp³-hybridized carbons (Fsp3) is 0.121. The van der Waals surface area contributed by atoms with Crippen molar-refractivity contribution in [3.05, 3.63) is 119 Å². The van der Waals surface area contributed by atoms with E-state index < -0.39 is 11.9 Å². The van der Waals surface area contributed by atoms with Gasteiger partial charge in [0.25, 0.3) is 5.91 Å². The second-order valence-electron chi connectivity index (χ2n) is 10.1. The van der Waals surface area contributed by atoms with E-state index in [4.69, 9.17) is 0 Å². The molecule has 0 aromatic heterocycles. The van der Waals surface area contributed by atoms with Gasteiger partial charge in [0.15, 0.2) is 5.71 Å². The summed E-state index contributed by atoms with van der Waals surface area (Å²) < 4.78 is 0. The number of carbonyl (C=O) groups excluding carboxylic acids is 1. The van der Waals surface area contributed by atoms with Gasteiger partial charge in [-0.3, -0.25) is 4.79 Å². The molecule has 0 atom stereocenters. The third-order valence-corrected chi connectivity index (χ3v) is 7.71. The molecule has 1 N–H and O–H groups in total. The molecule has 3 aliphatic rings. The van der Waals surface area contributed by atoms with Crippen LogP contribution in [-0.2, 0) is 22.4 Å². The molecule has 6 heteroatoms. The summed E-state index contributed by atoms with van der Waals surface area (Å²) in [7, 11) is 0. The minimum Gasteiger partial charge on any atom is -0.476 e. The Labute approximate surface area is 226 Å². The number of para-hydroxylation sites is 1. The van der Waals surface area contributed by atoms with E-state index >= 15 is 0 Å². The molecular formula is C33H25N3O3. The Morgan fingerprint density at radius 2 is 1.62 bits per heavy atom. The molecule has 2 aliphatic heterocycles. The lowest BCUT2D eigenvalue weighted by atomic mass is 9.96. The molecule has 2 heterocycles. The largest absolute Gasteiger partial charge is 0.476 e. The van der Waals surface area contributed by atoms with Gasteiger partial charge in [0.2, 0.25) is 0 Å². The Kier molecular flexibility index (Phi) is 5.40. The number of nitrogens with zero attached hydrogens (tertiary/aromatic N) is 3. The second kappa shape index (κ2) is 9.10. The number of anilines is 3. The molecule has 0 spiro atoms. The molecule has 1 aliphatic carbocycles. The molecule has 190 valence electrons. The Balaban J connectivity index is 1.22. The Bertz CT molecular complexity index is 1720. The van der Waals surface area contributed by atoms with E-state index in [0.29, 0.717) is 5.69 Å². The average molecular weight is 512 g/mol. The summed E-state index contributed by atoms with van der Waals surface area (Å²) in [5.41, 5.74) is 9.99. The number of carbonyl (C=O) groups is 2. The number of fused-ring (bicyclic) bond motifs is 4. The maximum atomic E-state index is 13.2. The summed E-state index contributed by atoms with van der Waals surface area (Å²) in [6.45, 7) is 0.925. The number of carboxylic acids is 1. The SMILES string of the molecule is O=C(O)C1=NN(c2ccccc2)C(=O)C1=Cc1ccc2c(c1)CCCN2c1ccc2c(c1)-c1ccccc1C2. The van der Waals surface area contributed by atoms with Crippen molar-refractivity contribution in [2.75, 3.05) is 16.5 Å². The van der Waals surface area contributed by atoms with Crippen LogP contribution in [-0.4, -0.2) is 29.2 Å². The fourth-order valence-corrected chi connectivity index (χ4v) is 5.87. The van der Waals surface area contributed by atoms with Crippen LogP contribution in [0.1, 0.15) is 28.7 Å². The number of aliphatic carboxylic acids is 1. The number of aryl methyl sites for hydroxylation is 1. The molecule has 0 saturated carbocycles.